The van der Waals surface area contributed by atoms with Crippen LogP contribution >= 0.6 is 0 Å². The van der Waals surface area contributed by atoms with Crippen LogP contribution in [0.25, 0.3) is 0 Å². The molecular formula is C14H20O. The molecule has 0 saturated carbocycles. The van der Waals surface area contributed by atoms with Crippen molar-refractivity contribution in [1.29, 1.82) is 0 Å². The molecular weight excluding hydrogens is 184 g/mol. The Morgan fingerprint density at radius 2 is 2.20 bits per heavy atom. The van der Waals surface area contributed by atoms with Gasteiger partial charge in [0.05, 0.1) is 0 Å². The molecule has 82 valence electrons. The first-order chi connectivity index (χ1) is 7.25. The molecule has 0 saturated heterocycles. The second-order valence-corrected chi connectivity index (χ2v) is 4.06. The molecule has 0 radical (unpaired) electrons. The van der Waals surface area contributed by atoms with Gasteiger partial charge in [-0.1, -0.05) is 51.0 Å². The van der Waals surface area contributed by atoms with E-state index in [1.807, 2.05) is 18.2 Å². The van der Waals surface area contributed by atoms with Gasteiger partial charge in [-0.05, 0) is 18.9 Å². The van der Waals surface area contributed by atoms with E-state index >= 15 is 0 Å². The molecule has 0 fully saturated rings. The highest BCUT2D eigenvalue weighted by molar-refractivity contribution is 6.07. The van der Waals surface area contributed by atoms with Gasteiger partial charge in [-0.15, -0.1) is 0 Å². The summed E-state index contributed by atoms with van der Waals surface area (Å²) in [5.41, 5.74) is 0.918. The van der Waals surface area contributed by atoms with Crippen molar-refractivity contribution in [2.24, 2.45) is 5.92 Å². The number of unbranched alkanes of at least 4 members (excludes halogenated alkanes) is 3. The standard InChI is InChI=1S/C14H20O/c1-3-4-5-6-7-8-9-13-12(2)10-11-14(13)15/h7-12H,3-6H2,1-2H3/b8-7+,13-9+/t12-/m0/s1. The van der Waals surface area contributed by atoms with Crippen molar-refractivity contribution < 1.29 is 4.79 Å². The molecule has 0 bridgehead atoms. The van der Waals surface area contributed by atoms with Gasteiger partial charge >= 0.3 is 0 Å². The van der Waals surface area contributed by atoms with Crippen molar-refractivity contribution in [3.63, 3.8) is 0 Å². The van der Waals surface area contributed by atoms with Crippen LogP contribution in [0.2, 0.25) is 0 Å². The Labute approximate surface area is 92.6 Å². The van der Waals surface area contributed by atoms with Gasteiger partial charge in [0, 0.05) is 11.5 Å². The summed E-state index contributed by atoms with van der Waals surface area (Å²) in [6.07, 6.45) is 14.7. The largest absolute Gasteiger partial charge is 0.290 e. The van der Waals surface area contributed by atoms with Gasteiger partial charge in [0.25, 0.3) is 0 Å². The molecule has 0 spiro atoms. The van der Waals surface area contributed by atoms with Gasteiger partial charge in [-0.3, -0.25) is 4.79 Å². The molecule has 0 unspecified atom stereocenters. The van der Waals surface area contributed by atoms with Crippen molar-refractivity contribution in [2.75, 3.05) is 0 Å². The Hall–Kier alpha value is -1.11. The lowest BCUT2D eigenvalue weighted by molar-refractivity contribution is -0.111. The van der Waals surface area contributed by atoms with Crippen molar-refractivity contribution in [2.45, 2.75) is 39.5 Å². The summed E-state index contributed by atoms with van der Waals surface area (Å²) in [6.45, 7) is 4.26. The van der Waals surface area contributed by atoms with Gasteiger partial charge in [0.1, 0.15) is 0 Å². The van der Waals surface area contributed by atoms with Crippen molar-refractivity contribution in [1.82, 2.24) is 0 Å². The smallest absolute Gasteiger partial charge is 0.182 e. The number of hydrogen-bond donors (Lipinski definition) is 0. The predicted molar refractivity (Wildman–Crippen MR) is 64.7 cm³/mol. The van der Waals surface area contributed by atoms with E-state index in [-0.39, 0.29) is 11.7 Å². The minimum absolute atomic E-state index is 0.167. The van der Waals surface area contributed by atoms with Gasteiger partial charge in [0.2, 0.25) is 0 Å². The van der Waals surface area contributed by atoms with E-state index < -0.39 is 0 Å². The van der Waals surface area contributed by atoms with Gasteiger partial charge in [-0.25, -0.2) is 0 Å². The average molecular weight is 204 g/mol. The molecule has 1 rings (SSSR count). The fourth-order valence-corrected chi connectivity index (χ4v) is 1.67. The van der Waals surface area contributed by atoms with E-state index in [0.717, 1.165) is 12.0 Å². The Morgan fingerprint density at radius 1 is 1.40 bits per heavy atom. The highest BCUT2D eigenvalue weighted by Crippen LogP contribution is 2.20. The van der Waals surface area contributed by atoms with Crippen LogP contribution in [-0.4, -0.2) is 5.78 Å². The quantitative estimate of drug-likeness (QED) is 0.491. The fraction of sp³-hybridized carbons (Fsp3) is 0.500. The third-order valence-corrected chi connectivity index (χ3v) is 2.70. The second-order valence-electron chi connectivity index (χ2n) is 4.06. The summed E-state index contributed by atoms with van der Waals surface area (Å²) >= 11 is 0. The predicted octanol–water partition coefficient (Wildman–Crippen LogP) is 3.82. The van der Waals surface area contributed by atoms with E-state index in [0.29, 0.717) is 0 Å². The molecule has 1 aliphatic carbocycles. The molecule has 1 atom stereocenters. The molecule has 1 aliphatic rings. The van der Waals surface area contributed by atoms with Crippen LogP contribution in [-0.2, 0) is 4.79 Å². The summed E-state index contributed by atoms with van der Waals surface area (Å²) < 4.78 is 0. The zero-order valence-electron chi connectivity index (χ0n) is 9.70. The Balaban J connectivity index is 2.34. The summed E-state index contributed by atoms with van der Waals surface area (Å²) in [5, 5.41) is 0. The van der Waals surface area contributed by atoms with Gasteiger partial charge in [0.15, 0.2) is 5.78 Å². The van der Waals surface area contributed by atoms with Crippen molar-refractivity contribution in [3.8, 4) is 0 Å². The van der Waals surface area contributed by atoms with Crippen LogP contribution in [0.3, 0.4) is 0 Å². The zero-order chi connectivity index (χ0) is 11.1. The fourth-order valence-electron chi connectivity index (χ4n) is 1.67. The SMILES string of the molecule is CCCCC/C=C/C=C1/C(=O)C=C[C@@H]1C. The summed E-state index contributed by atoms with van der Waals surface area (Å²) in [5.74, 6) is 0.457. The topological polar surface area (TPSA) is 17.1 Å². The highest BCUT2D eigenvalue weighted by atomic mass is 16.1. The third-order valence-electron chi connectivity index (χ3n) is 2.70. The molecule has 1 heteroatoms. The zero-order valence-corrected chi connectivity index (χ0v) is 9.70. The van der Waals surface area contributed by atoms with Crippen LogP contribution < -0.4 is 0 Å². The van der Waals surface area contributed by atoms with E-state index in [1.165, 1.54) is 19.3 Å². The van der Waals surface area contributed by atoms with Crippen LogP contribution in [0.1, 0.15) is 39.5 Å². The van der Waals surface area contributed by atoms with Crippen LogP contribution in [0, 0.1) is 5.92 Å². The number of hydrogen-bond acceptors (Lipinski definition) is 1. The maximum Gasteiger partial charge on any atom is 0.182 e. The number of rotatable bonds is 5. The molecule has 1 nitrogen and oxygen atoms in total. The van der Waals surface area contributed by atoms with Crippen molar-refractivity contribution >= 4 is 5.78 Å². The first-order valence-corrected chi connectivity index (χ1v) is 5.85. The lowest BCUT2D eigenvalue weighted by Gasteiger charge is -1.99. The normalized spacial score (nSPS) is 23.5. The molecule has 0 amide bonds. The summed E-state index contributed by atoms with van der Waals surface area (Å²) in [6, 6.07) is 0. The Morgan fingerprint density at radius 3 is 2.80 bits per heavy atom. The van der Waals surface area contributed by atoms with Crippen LogP contribution in [0.4, 0.5) is 0 Å². The van der Waals surface area contributed by atoms with Crippen molar-refractivity contribution in [3.05, 3.63) is 36.0 Å². The summed E-state index contributed by atoms with van der Waals surface area (Å²) in [7, 11) is 0. The lowest BCUT2D eigenvalue weighted by atomic mass is 10.0. The third kappa shape index (κ3) is 3.86. The first-order valence-electron chi connectivity index (χ1n) is 5.85. The average Bonchev–Trinajstić information content (AvgIpc) is 2.54. The molecule has 0 heterocycles. The Kier molecular flexibility index (Phi) is 5.09. The number of carbonyl (C=O) groups is 1. The number of ketones is 1. The molecule has 0 aromatic carbocycles. The van der Waals surface area contributed by atoms with E-state index in [4.69, 9.17) is 0 Å². The van der Waals surface area contributed by atoms with Gasteiger partial charge < -0.3 is 0 Å². The second kappa shape index (κ2) is 6.39. The van der Waals surface area contributed by atoms with Crippen LogP contribution in [0.5, 0.6) is 0 Å². The van der Waals surface area contributed by atoms with Crippen LogP contribution in [0.15, 0.2) is 36.0 Å². The molecule has 0 aliphatic heterocycles. The molecule has 15 heavy (non-hydrogen) atoms. The lowest BCUT2D eigenvalue weighted by Crippen LogP contribution is -1.97. The first kappa shape index (κ1) is 12.0. The molecule has 0 aromatic rings. The minimum atomic E-state index is 0.167. The van der Waals surface area contributed by atoms with Gasteiger partial charge in [-0.2, -0.15) is 0 Å². The van der Waals surface area contributed by atoms with E-state index in [1.54, 1.807) is 6.08 Å². The molecule has 0 N–H and O–H groups in total. The number of allylic oxidation sites excluding steroid dienone is 6. The maximum absolute atomic E-state index is 11.4. The number of carbonyl (C=O) groups excluding carboxylic acids is 1. The molecule has 0 aromatic heterocycles. The maximum atomic E-state index is 11.4. The Bertz CT molecular complexity index is 294. The monoisotopic (exact) mass is 204 g/mol. The van der Waals surface area contributed by atoms with E-state index in [2.05, 4.69) is 19.9 Å². The highest BCUT2D eigenvalue weighted by Gasteiger charge is 2.17. The minimum Gasteiger partial charge on any atom is -0.290 e. The summed E-state index contributed by atoms with van der Waals surface area (Å²) in [4.78, 5) is 11.4. The van der Waals surface area contributed by atoms with E-state index in [9.17, 15) is 4.79 Å².